The standard InChI is InChI=1S/C13H16O4/c1-4-16-11-7-6-9(3)8-10(11)12(14)13(15)17-5-2/h6-8H,4-5H2,1-3H3. The summed E-state index contributed by atoms with van der Waals surface area (Å²) in [5.41, 5.74) is 1.14. The number of carbonyl (C=O) groups is 2. The maximum Gasteiger partial charge on any atom is 0.379 e. The van der Waals surface area contributed by atoms with E-state index in [0.717, 1.165) is 5.56 Å². The van der Waals surface area contributed by atoms with Gasteiger partial charge in [-0.3, -0.25) is 4.79 Å². The number of hydrogen-bond acceptors (Lipinski definition) is 4. The van der Waals surface area contributed by atoms with Crippen molar-refractivity contribution in [1.82, 2.24) is 0 Å². The SMILES string of the molecule is CCOC(=O)C(=O)c1cc(C)ccc1OCC. The van der Waals surface area contributed by atoms with Gasteiger partial charge in [-0.25, -0.2) is 4.79 Å². The number of carbonyl (C=O) groups excluding carboxylic acids is 2. The Hall–Kier alpha value is -1.84. The summed E-state index contributed by atoms with van der Waals surface area (Å²) in [6.07, 6.45) is 0. The molecule has 4 nitrogen and oxygen atoms in total. The topological polar surface area (TPSA) is 52.6 Å². The van der Waals surface area contributed by atoms with Crippen molar-refractivity contribution in [3.63, 3.8) is 0 Å². The van der Waals surface area contributed by atoms with E-state index in [1.54, 1.807) is 19.1 Å². The zero-order valence-electron chi connectivity index (χ0n) is 10.3. The molecule has 0 radical (unpaired) electrons. The number of ketones is 1. The van der Waals surface area contributed by atoms with Gasteiger partial charge in [-0.05, 0) is 32.9 Å². The lowest BCUT2D eigenvalue weighted by Gasteiger charge is -2.09. The normalized spacial score (nSPS) is 9.82. The lowest BCUT2D eigenvalue weighted by atomic mass is 10.1. The number of Topliss-reactive ketones (excluding diaryl/α,β-unsaturated/α-hetero) is 1. The first-order valence-corrected chi connectivity index (χ1v) is 5.55. The van der Waals surface area contributed by atoms with Crippen molar-refractivity contribution in [2.45, 2.75) is 20.8 Å². The summed E-state index contributed by atoms with van der Waals surface area (Å²) in [5, 5.41) is 0. The predicted octanol–water partition coefficient (Wildman–Crippen LogP) is 2.14. The lowest BCUT2D eigenvalue weighted by Crippen LogP contribution is -2.18. The van der Waals surface area contributed by atoms with Crippen molar-refractivity contribution in [2.75, 3.05) is 13.2 Å². The summed E-state index contributed by atoms with van der Waals surface area (Å²) < 4.78 is 10.00. The number of rotatable bonds is 5. The molecule has 92 valence electrons. The summed E-state index contributed by atoms with van der Waals surface area (Å²) in [5.74, 6) is -1.10. The fourth-order valence-corrected chi connectivity index (χ4v) is 1.41. The first-order valence-electron chi connectivity index (χ1n) is 5.55. The second-order valence-electron chi connectivity index (χ2n) is 3.48. The Bertz CT molecular complexity index is 423. The molecule has 0 aliphatic rings. The Morgan fingerprint density at radius 2 is 1.88 bits per heavy atom. The van der Waals surface area contributed by atoms with Crippen molar-refractivity contribution in [3.8, 4) is 5.75 Å². The average Bonchev–Trinajstić information content (AvgIpc) is 2.31. The largest absolute Gasteiger partial charge is 0.493 e. The third kappa shape index (κ3) is 3.31. The van der Waals surface area contributed by atoms with E-state index in [1.165, 1.54) is 0 Å². The van der Waals surface area contributed by atoms with Gasteiger partial charge in [0.25, 0.3) is 5.78 Å². The second kappa shape index (κ2) is 6.03. The first-order chi connectivity index (χ1) is 8.10. The smallest absolute Gasteiger partial charge is 0.379 e. The molecule has 0 spiro atoms. The summed E-state index contributed by atoms with van der Waals surface area (Å²) in [6, 6.07) is 5.14. The maximum absolute atomic E-state index is 11.8. The molecule has 0 aliphatic heterocycles. The zero-order chi connectivity index (χ0) is 12.8. The van der Waals surface area contributed by atoms with Crippen LogP contribution in [0.15, 0.2) is 18.2 Å². The number of ether oxygens (including phenoxy) is 2. The summed E-state index contributed by atoms with van der Waals surface area (Å²) in [4.78, 5) is 23.2. The van der Waals surface area contributed by atoms with Crippen LogP contribution < -0.4 is 4.74 Å². The quantitative estimate of drug-likeness (QED) is 0.446. The van der Waals surface area contributed by atoms with E-state index in [2.05, 4.69) is 4.74 Å². The maximum atomic E-state index is 11.8. The average molecular weight is 236 g/mol. The van der Waals surface area contributed by atoms with Gasteiger partial charge in [0.2, 0.25) is 0 Å². The third-order valence-corrected chi connectivity index (χ3v) is 2.14. The summed E-state index contributed by atoms with van der Waals surface area (Å²) in [7, 11) is 0. The molecule has 4 heteroatoms. The van der Waals surface area contributed by atoms with Gasteiger partial charge in [-0.2, -0.15) is 0 Å². The Morgan fingerprint density at radius 1 is 1.18 bits per heavy atom. The summed E-state index contributed by atoms with van der Waals surface area (Å²) >= 11 is 0. The molecule has 0 N–H and O–H groups in total. The predicted molar refractivity (Wildman–Crippen MR) is 63.3 cm³/mol. The van der Waals surface area contributed by atoms with E-state index < -0.39 is 11.8 Å². The van der Waals surface area contributed by atoms with Crippen LogP contribution in [0.4, 0.5) is 0 Å². The Labute approximate surface area is 101 Å². The minimum atomic E-state index is -0.848. The van der Waals surface area contributed by atoms with Crippen LogP contribution in [0.25, 0.3) is 0 Å². The molecule has 0 amide bonds. The lowest BCUT2D eigenvalue weighted by molar-refractivity contribution is -0.137. The highest BCUT2D eigenvalue weighted by atomic mass is 16.5. The number of esters is 1. The van der Waals surface area contributed by atoms with E-state index in [1.807, 2.05) is 19.9 Å². The molecule has 0 atom stereocenters. The molecule has 0 saturated heterocycles. The molecular weight excluding hydrogens is 220 g/mol. The van der Waals surface area contributed by atoms with E-state index in [-0.39, 0.29) is 12.2 Å². The first kappa shape index (κ1) is 13.2. The van der Waals surface area contributed by atoms with Crippen LogP contribution in [0.5, 0.6) is 5.75 Å². The molecule has 0 aromatic heterocycles. The molecular formula is C13H16O4. The monoisotopic (exact) mass is 236 g/mol. The van der Waals surface area contributed by atoms with Crippen molar-refractivity contribution < 1.29 is 19.1 Å². The molecule has 0 saturated carbocycles. The highest BCUT2D eigenvalue weighted by Crippen LogP contribution is 2.21. The summed E-state index contributed by atoms with van der Waals surface area (Å²) in [6.45, 7) is 5.94. The van der Waals surface area contributed by atoms with Crippen LogP contribution in [0.2, 0.25) is 0 Å². The molecule has 1 aromatic rings. The molecule has 1 aromatic carbocycles. The zero-order valence-corrected chi connectivity index (χ0v) is 10.3. The van der Waals surface area contributed by atoms with Crippen LogP contribution in [0, 0.1) is 6.92 Å². The Kier molecular flexibility index (Phi) is 4.69. The number of benzene rings is 1. The van der Waals surface area contributed by atoms with Gasteiger partial charge in [0.1, 0.15) is 5.75 Å². The van der Waals surface area contributed by atoms with Gasteiger partial charge in [0.15, 0.2) is 0 Å². The molecule has 1 rings (SSSR count). The van der Waals surface area contributed by atoms with E-state index >= 15 is 0 Å². The molecule has 0 bridgehead atoms. The van der Waals surface area contributed by atoms with Crippen LogP contribution >= 0.6 is 0 Å². The molecule has 0 fully saturated rings. The second-order valence-corrected chi connectivity index (χ2v) is 3.48. The van der Waals surface area contributed by atoms with Crippen LogP contribution in [-0.2, 0) is 9.53 Å². The van der Waals surface area contributed by atoms with Gasteiger partial charge in [0.05, 0.1) is 18.8 Å². The van der Waals surface area contributed by atoms with Crippen molar-refractivity contribution in [3.05, 3.63) is 29.3 Å². The molecule has 0 unspecified atom stereocenters. The van der Waals surface area contributed by atoms with E-state index in [0.29, 0.717) is 12.4 Å². The van der Waals surface area contributed by atoms with Crippen molar-refractivity contribution in [1.29, 1.82) is 0 Å². The number of aryl methyl sites for hydroxylation is 1. The van der Waals surface area contributed by atoms with Gasteiger partial charge in [-0.15, -0.1) is 0 Å². The van der Waals surface area contributed by atoms with Gasteiger partial charge >= 0.3 is 5.97 Å². The minimum absolute atomic E-state index is 0.181. The van der Waals surface area contributed by atoms with E-state index in [4.69, 9.17) is 4.74 Å². The fourth-order valence-electron chi connectivity index (χ4n) is 1.41. The van der Waals surface area contributed by atoms with E-state index in [9.17, 15) is 9.59 Å². The van der Waals surface area contributed by atoms with Crippen LogP contribution in [-0.4, -0.2) is 25.0 Å². The van der Waals surface area contributed by atoms with Crippen molar-refractivity contribution >= 4 is 11.8 Å². The van der Waals surface area contributed by atoms with Gasteiger partial charge in [0, 0.05) is 0 Å². The van der Waals surface area contributed by atoms with Gasteiger partial charge in [-0.1, -0.05) is 11.6 Å². The fraction of sp³-hybridized carbons (Fsp3) is 0.385. The number of hydrogen-bond donors (Lipinski definition) is 0. The van der Waals surface area contributed by atoms with Gasteiger partial charge < -0.3 is 9.47 Å². The van der Waals surface area contributed by atoms with Crippen molar-refractivity contribution in [2.24, 2.45) is 0 Å². The highest BCUT2D eigenvalue weighted by molar-refractivity contribution is 6.41. The van der Waals surface area contributed by atoms with Crippen LogP contribution in [0.1, 0.15) is 29.8 Å². The Balaban J connectivity index is 3.05. The Morgan fingerprint density at radius 3 is 2.47 bits per heavy atom. The molecule has 17 heavy (non-hydrogen) atoms. The third-order valence-electron chi connectivity index (χ3n) is 2.14. The molecule has 0 heterocycles. The molecule has 0 aliphatic carbocycles. The minimum Gasteiger partial charge on any atom is -0.493 e. The highest BCUT2D eigenvalue weighted by Gasteiger charge is 2.21. The van der Waals surface area contributed by atoms with Crippen LogP contribution in [0.3, 0.4) is 0 Å².